The van der Waals surface area contributed by atoms with E-state index in [1.807, 2.05) is 36.4 Å². The highest BCUT2D eigenvalue weighted by Crippen LogP contribution is 2.38. The van der Waals surface area contributed by atoms with Crippen LogP contribution >= 0.6 is 11.3 Å². The molecule has 29 heavy (non-hydrogen) atoms. The second kappa shape index (κ2) is 7.76. The lowest BCUT2D eigenvalue weighted by Gasteiger charge is -2.14. The van der Waals surface area contributed by atoms with Crippen LogP contribution in [0.5, 0.6) is 11.5 Å². The maximum Gasteiger partial charge on any atom is 0.337 e. The fourth-order valence-corrected chi connectivity index (χ4v) is 3.99. The molecule has 0 fully saturated rings. The number of methoxy groups -OCH3 is 2. The third kappa shape index (κ3) is 3.57. The standard InChI is InChI=1S/C21H17N3O4S/c1-27-16-8-13(21(25)26)15(10-17(16)28-2)24-19-14-9-18(12-6-4-3-5-7-12)29-20(14)23-11-22-19/h3-11H,1-2H3,(H,25,26)(H,22,23,24). The Morgan fingerprint density at radius 3 is 2.45 bits per heavy atom. The van der Waals surface area contributed by atoms with E-state index in [1.54, 1.807) is 17.4 Å². The van der Waals surface area contributed by atoms with Gasteiger partial charge in [0.15, 0.2) is 11.5 Å². The number of carboxylic acids is 1. The van der Waals surface area contributed by atoms with Gasteiger partial charge in [0, 0.05) is 17.0 Å². The van der Waals surface area contributed by atoms with E-state index in [9.17, 15) is 9.90 Å². The molecular weight excluding hydrogens is 390 g/mol. The molecule has 7 nitrogen and oxygen atoms in total. The maximum absolute atomic E-state index is 11.8. The van der Waals surface area contributed by atoms with Crippen molar-refractivity contribution in [3.8, 4) is 21.9 Å². The number of aromatic carboxylic acids is 1. The van der Waals surface area contributed by atoms with Crippen molar-refractivity contribution < 1.29 is 19.4 Å². The van der Waals surface area contributed by atoms with Crippen LogP contribution in [0.1, 0.15) is 10.4 Å². The lowest BCUT2D eigenvalue weighted by Crippen LogP contribution is -2.05. The molecule has 2 aromatic heterocycles. The quantitative estimate of drug-likeness (QED) is 0.473. The summed E-state index contributed by atoms with van der Waals surface area (Å²) in [5.41, 5.74) is 1.48. The van der Waals surface area contributed by atoms with Crippen molar-refractivity contribution >= 4 is 39.0 Å². The van der Waals surface area contributed by atoms with Crippen molar-refractivity contribution in [2.45, 2.75) is 0 Å². The van der Waals surface area contributed by atoms with Gasteiger partial charge in [-0.3, -0.25) is 0 Å². The Morgan fingerprint density at radius 2 is 1.76 bits per heavy atom. The van der Waals surface area contributed by atoms with Crippen molar-refractivity contribution in [3.63, 3.8) is 0 Å². The number of hydrogen-bond donors (Lipinski definition) is 2. The van der Waals surface area contributed by atoms with Gasteiger partial charge >= 0.3 is 5.97 Å². The van der Waals surface area contributed by atoms with E-state index >= 15 is 0 Å². The minimum absolute atomic E-state index is 0.0490. The average Bonchev–Trinajstić information content (AvgIpc) is 3.19. The van der Waals surface area contributed by atoms with Crippen molar-refractivity contribution in [2.24, 2.45) is 0 Å². The Hall–Kier alpha value is -3.65. The summed E-state index contributed by atoms with van der Waals surface area (Å²) in [6.45, 7) is 0. The number of carbonyl (C=O) groups is 1. The predicted octanol–water partition coefficient (Wildman–Crippen LogP) is 4.82. The number of aromatic nitrogens is 2. The molecule has 0 saturated heterocycles. The zero-order valence-corrected chi connectivity index (χ0v) is 16.5. The van der Waals surface area contributed by atoms with Crippen LogP contribution in [0.15, 0.2) is 54.9 Å². The SMILES string of the molecule is COc1cc(Nc2ncnc3sc(-c4ccccc4)cc23)c(C(=O)O)cc1OC. The Balaban J connectivity index is 1.80. The van der Waals surface area contributed by atoms with Crippen LogP contribution in [0, 0.1) is 0 Å². The van der Waals surface area contributed by atoms with E-state index in [-0.39, 0.29) is 5.56 Å². The van der Waals surface area contributed by atoms with Crippen LogP contribution in [0.25, 0.3) is 20.7 Å². The van der Waals surface area contributed by atoms with Gasteiger partial charge in [-0.1, -0.05) is 30.3 Å². The van der Waals surface area contributed by atoms with Gasteiger partial charge in [0.2, 0.25) is 0 Å². The number of anilines is 2. The van der Waals surface area contributed by atoms with Gasteiger partial charge in [-0.25, -0.2) is 14.8 Å². The van der Waals surface area contributed by atoms with Crippen molar-refractivity contribution in [1.82, 2.24) is 9.97 Å². The second-order valence-electron chi connectivity index (χ2n) is 6.10. The molecule has 0 aliphatic heterocycles. The Labute approximate surface area is 170 Å². The first-order chi connectivity index (χ1) is 14.1. The van der Waals surface area contributed by atoms with Crippen molar-refractivity contribution in [1.29, 1.82) is 0 Å². The molecule has 0 saturated carbocycles. The van der Waals surface area contributed by atoms with Crippen LogP contribution in [-0.4, -0.2) is 35.3 Å². The fraction of sp³-hybridized carbons (Fsp3) is 0.0952. The van der Waals surface area contributed by atoms with Gasteiger partial charge in [0.25, 0.3) is 0 Å². The molecule has 0 aliphatic carbocycles. The number of rotatable bonds is 6. The van der Waals surface area contributed by atoms with Gasteiger partial charge in [-0.05, 0) is 11.6 Å². The van der Waals surface area contributed by atoms with Crippen molar-refractivity contribution in [2.75, 3.05) is 19.5 Å². The highest BCUT2D eigenvalue weighted by atomic mass is 32.1. The third-order valence-corrected chi connectivity index (χ3v) is 5.49. The van der Waals surface area contributed by atoms with Crippen LogP contribution in [-0.2, 0) is 0 Å². The van der Waals surface area contributed by atoms with E-state index in [2.05, 4.69) is 15.3 Å². The third-order valence-electron chi connectivity index (χ3n) is 4.39. The molecule has 0 bridgehead atoms. The summed E-state index contributed by atoms with van der Waals surface area (Å²) in [7, 11) is 2.96. The molecule has 0 aliphatic rings. The maximum atomic E-state index is 11.8. The molecule has 2 heterocycles. The first kappa shape index (κ1) is 18.7. The minimum Gasteiger partial charge on any atom is -0.493 e. The summed E-state index contributed by atoms with van der Waals surface area (Å²) >= 11 is 1.55. The molecule has 4 rings (SSSR count). The summed E-state index contributed by atoms with van der Waals surface area (Å²) in [6.07, 6.45) is 1.46. The summed E-state index contributed by atoms with van der Waals surface area (Å²) < 4.78 is 10.5. The lowest BCUT2D eigenvalue weighted by atomic mass is 10.1. The number of benzene rings is 2. The highest BCUT2D eigenvalue weighted by Gasteiger charge is 2.18. The van der Waals surface area contributed by atoms with Crippen LogP contribution in [0.2, 0.25) is 0 Å². The highest BCUT2D eigenvalue weighted by molar-refractivity contribution is 7.21. The normalized spacial score (nSPS) is 10.7. The number of carboxylic acid groups (broad SMARTS) is 1. The molecular formula is C21H17N3O4S. The monoisotopic (exact) mass is 407 g/mol. The Kier molecular flexibility index (Phi) is 5.01. The zero-order chi connectivity index (χ0) is 20.4. The lowest BCUT2D eigenvalue weighted by molar-refractivity contribution is 0.0697. The minimum atomic E-state index is -1.09. The number of nitrogens with zero attached hydrogens (tertiary/aromatic N) is 2. The first-order valence-corrected chi connectivity index (χ1v) is 9.48. The van der Waals surface area contributed by atoms with Gasteiger partial charge in [-0.2, -0.15) is 0 Å². The Bertz CT molecular complexity index is 1190. The number of nitrogens with one attached hydrogen (secondary N) is 1. The largest absolute Gasteiger partial charge is 0.493 e. The second-order valence-corrected chi connectivity index (χ2v) is 7.13. The summed E-state index contributed by atoms with van der Waals surface area (Å²) in [6, 6.07) is 15.0. The summed E-state index contributed by atoms with van der Waals surface area (Å²) in [5.74, 6) is 0.183. The molecule has 146 valence electrons. The fourth-order valence-electron chi connectivity index (χ4n) is 2.99. The predicted molar refractivity (Wildman–Crippen MR) is 113 cm³/mol. The molecule has 0 spiro atoms. The number of thiophene rings is 1. The van der Waals surface area contributed by atoms with Gasteiger partial charge in [-0.15, -0.1) is 11.3 Å². The molecule has 0 atom stereocenters. The molecule has 0 amide bonds. The van der Waals surface area contributed by atoms with Crippen molar-refractivity contribution in [3.05, 3.63) is 60.4 Å². The average molecular weight is 407 g/mol. The van der Waals surface area contributed by atoms with Crippen LogP contribution in [0.4, 0.5) is 11.5 Å². The summed E-state index contributed by atoms with van der Waals surface area (Å²) in [5, 5.41) is 13.6. The number of ether oxygens (including phenoxy) is 2. The molecule has 2 N–H and O–H groups in total. The van der Waals surface area contributed by atoms with E-state index in [0.29, 0.717) is 23.0 Å². The smallest absolute Gasteiger partial charge is 0.337 e. The zero-order valence-electron chi connectivity index (χ0n) is 15.7. The molecule has 4 aromatic rings. The van der Waals surface area contributed by atoms with E-state index < -0.39 is 5.97 Å². The molecule has 2 aromatic carbocycles. The van der Waals surface area contributed by atoms with Crippen LogP contribution < -0.4 is 14.8 Å². The first-order valence-electron chi connectivity index (χ1n) is 8.67. The van der Waals surface area contributed by atoms with E-state index in [1.165, 1.54) is 26.6 Å². The number of hydrogen-bond acceptors (Lipinski definition) is 7. The molecule has 0 unspecified atom stereocenters. The van der Waals surface area contributed by atoms with Gasteiger partial charge in [0.1, 0.15) is 17.0 Å². The van der Waals surface area contributed by atoms with Crippen LogP contribution in [0.3, 0.4) is 0 Å². The summed E-state index contributed by atoms with van der Waals surface area (Å²) in [4.78, 5) is 22.3. The number of fused-ring (bicyclic) bond motifs is 1. The van der Waals surface area contributed by atoms with E-state index in [0.717, 1.165) is 20.7 Å². The Morgan fingerprint density at radius 1 is 1.03 bits per heavy atom. The molecule has 8 heteroatoms. The van der Waals surface area contributed by atoms with Gasteiger partial charge < -0.3 is 19.9 Å². The topological polar surface area (TPSA) is 93.6 Å². The van der Waals surface area contributed by atoms with E-state index in [4.69, 9.17) is 9.47 Å². The van der Waals surface area contributed by atoms with Gasteiger partial charge in [0.05, 0.1) is 30.9 Å². The molecule has 0 radical (unpaired) electrons.